The maximum absolute atomic E-state index is 11.4. The summed E-state index contributed by atoms with van der Waals surface area (Å²) in [5.74, 6) is -1.57. The molecule has 0 atom stereocenters. The molecule has 0 aliphatic rings. The standard InChI is InChI=1S/C12H21NO5/c1-3-13(2)8-6-10(14)7-9-18-12(17)5-4-11(15)16/h3-9H2,1-2H3,(H,15,16). The highest BCUT2D eigenvalue weighted by Crippen LogP contribution is 1.97. The van der Waals surface area contributed by atoms with Gasteiger partial charge in [0.1, 0.15) is 5.78 Å². The van der Waals surface area contributed by atoms with Crippen LogP contribution in [-0.2, 0) is 19.1 Å². The molecular formula is C12H21NO5. The highest BCUT2D eigenvalue weighted by Gasteiger charge is 2.08. The molecule has 0 aromatic carbocycles. The number of aliphatic carboxylic acids is 1. The number of hydrogen-bond acceptors (Lipinski definition) is 5. The van der Waals surface area contributed by atoms with E-state index in [4.69, 9.17) is 9.84 Å². The number of nitrogens with zero attached hydrogens (tertiary/aromatic N) is 1. The molecule has 1 N–H and O–H groups in total. The molecule has 0 aromatic rings. The van der Waals surface area contributed by atoms with Crippen LogP contribution >= 0.6 is 0 Å². The van der Waals surface area contributed by atoms with Crippen molar-refractivity contribution in [3.05, 3.63) is 0 Å². The van der Waals surface area contributed by atoms with Crippen LogP contribution in [0.5, 0.6) is 0 Å². The Morgan fingerprint density at radius 2 is 1.78 bits per heavy atom. The number of Topliss-reactive ketones (excluding diaryl/α,β-unsaturated/α-hetero) is 1. The normalized spacial score (nSPS) is 10.4. The molecule has 104 valence electrons. The maximum atomic E-state index is 11.4. The van der Waals surface area contributed by atoms with E-state index >= 15 is 0 Å². The summed E-state index contributed by atoms with van der Waals surface area (Å²) in [7, 11) is 1.93. The lowest BCUT2D eigenvalue weighted by atomic mass is 10.2. The minimum absolute atomic E-state index is 0.0348. The van der Waals surface area contributed by atoms with Crippen molar-refractivity contribution < 1.29 is 24.2 Å². The second-order valence-corrected chi connectivity index (χ2v) is 4.05. The average Bonchev–Trinajstić information content (AvgIpc) is 2.33. The average molecular weight is 259 g/mol. The van der Waals surface area contributed by atoms with Gasteiger partial charge in [0, 0.05) is 19.4 Å². The SMILES string of the molecule is CCN(C)CCC(=O)CCOC(=O)CCC(=O)O. The summed E-state index contributed by atoms with van der Waals surface area (Å²) in [6.07, 6.45) is 0.240. The summed E-state index contributed by atoms with van der Waals surface area (Å²) in [4.78, 5) is 34.7. The highest BCUT2D eigenvalue weighted by atomic mass is 16.5. The third-order valence-electron chi connectivity index (χ3n) is 2.50. The zero-order valence-corrected chi connectivity index (χ0v) is 11.0. The number of ketones is 1. The van der Waals surface area contributed by atoms with Gasteiger partial charge in [-0.25, -0.2) is 0 Å². The molecule has 0 aromatic heterocycles. The van der Waals surface area contributed by atoms with Crippen LogP contribution in [0.4, 0.5) is 0 Å². The zero-order valence-electron chi connectivity index (χ0n) is 11.0. The molecule has 6 heteroatoms. The molecule has 0 saturated carbocycles. The van der Waals surface area contributed by atoms with Crippen molar-refractivity contribution in [1.82, 2.24) is 4.90 Å². The van der Waals surface area contributed by atoms with Crippen LogP contribution in [-0.4, -0.2) is 54.5 Å². The Morgan fingerprint density at radius 1 is 1.11 bits per heavy atom. The van der Waals surface area contributed by atoms with Gasteiger partial charge in [0.15, 0.2) is 0 Å². The largest absolute Gasteiger partial charge is 0.481 e. The Balaban J connectivity index is 3.55. The van der Waals surface area contributed by atoms with E-state index in [1.54, 1.807) is 0 Å². The lowest BCUT2D eigenvalue weighted by Crippen LogP contribution is -2.21. The molecular weight excluding hydrogens is 238 g/mol. The fourth-order valence-corrected chi connectivity index (χ4v) is 1.16. The first-order valence-electron chi connectivity index (χ1n) is 6.03. The van der Waals surface area contributed by atoms with Gasteiger partial charge < -0.3 is 14.7 Å². The molecule has 0 aliphatic carbocycles. The van der Waals surface area contributed by atoms with Crippen molar-refractivity contribution in [3.8, 4) is 0 Å². The van der Waals surface area contributed by atoms with Crippen molar-refractivity contribution in [3.63, 3.8) is 0 Å². The predicted molar refractivity (Wildman–Crippen MR) is 65.2 cm³/mol. The van der Waals surface area contributed by atoms with Gasteiger partial charge in [-0.3, -0.25) is 14.4 Å². The Kier molecular flexibility index (Phi) is 8.82. The van der Waals surface area contributed by atoms with E-state index < -0.39 is 11.9 Å². The molecule has 0 rings (SSSR count). The number of hydrogen-bond donors (Lipinski definition) is 1. The van der Waals surface area contributed by atoms with Crippen LogP contribution < -0.4 is 0 Å². The van der Waals surface area contributed by atoms with Gasteiger partial charge in [-0.1, -0.05) is 6.92 Å². The first-order chi connectivity index (χ1) is 8.45. The fourth-order valence-electron chi connectivity index (χ4n) is 1.16. The number of esters is 1. The Labute approximate surface area is 107 Å². The molecule has 0 spiro atoms. The third kappa shape index (κ3) is 9.77. The topological polar surface area (TPSA) is 83.9 Å². The van der Waals surface area contributed by atoms with Crippen LogP contribution in [0.1, 0.15) is 32.6 Å². The molecule has 18 heavy (non-hydrogen) atoms. The summed E-state index contributed by atoms with van der Waals surface area (Å²) < 4.78 is 4.76. The Bertz CT molecular complexity index is 290. The number of carbonyl (C=O) groups is 3. The van der Waals surface area contributed by atoms with E-state index in [0.29, 0.717) is 13.0 Å². The second kappa shape index (κ2) is 9.58. The smallest absolute Gasteiger partial charge is 0.306 e. The van der Waals surface area contributed by atoms with Crippen molar-refractivity contribution in [2.75, 3.05) is 26.7 Å². The quantitative estimate of drug-likeness (QED) is 0.581. The molecule has 0 fully saturated rings. The van der Waals surface area contributed by atoms with Crippen molar-refractivity contribution in [2.24, 2.45) is 0 Å². The molecule has 0 unspecified atom stereocenters. The van der Waals surface area contributed by atoms with Crippen molar-refractivity contribution >= 4 is 17.7 Å². The van der Waals surface area contributed by atoms with Gasteiger partial charge >= 0.3 is 11.9 Å². The lowest BCUT2D eigenvalue weighted by molar-refractivity contribution is -0.148. The van der Waals surface area contributed by atoms with Crippen molar-refractivity contribution in [1.29, 1.82) is 0 Å². The monoisotopic (exact) mass is 259 g/mol. The number of carboxylic acid groups (broad SMARTS) is 1. The van der Waals surface area contributed by atoms with E-state index in [0.717, 1.165) is 6.54 Å². The minimum Gasteiger partial charge on any atom is -0.481 e. The number of ether oxygens (including phenoxy) is 1. The number of rotatable bonds is 10. The summed E-state index contributed by atoms with van der Waals surface area (Å²) in [6, 6.07) is 0. The maximum Gasteiger partial charge on any atom is 0.306 e. The van der Waals surface area contributed by atoms with E-state index in [2.05, 4.69) is 0 Å². The number of carboxylic acids is 1. The first-order valence-corrected chi connectivity index (χ1v) is 6.03. The summed E-state index contributed by atoms with van der Waals surface area (Å²) in [5.41, 5.74) is 0. The van der Waals surface area contributed by atoms with Crippen molar-refractivity contribution in [2.45, 2.75) is 32.6 Å². The third-order valence-corrected chi connectivity index (χ3v) is 2.50. The molecule has 0 amide bonds. The Morgan fingerprint density at radius 3 is 2.33 bits per heavy atom. The fraction of sp³-hybridized carbons (Fsp3) is 0.750. The van der Waals surface area contributed by atoms with Gasteiger partial charge in [0.05, 0.1) is 19.4 Å². The summed E-state index contributed by atoms with van der Waals surface area (Å²) >= 11 is 0. The van der Waals surface area contributed by atoms with Crippen LogP contribution in [0.3, 0.4) is 0 Å². The molecule has 0 heterocycles. The van der Waals surface area contributed by atoms with Crippen LogP contribution in [0.15, 0.2) is 0 Å². The summed E-state index contributed by atoms with van der Waals surface area (Å²) in [6.45, 7) is 3.63. The van der Waals surface area contributed by atoms with E-state index in [1.165, 1.54) is 0 Å². The van der Waals surface area contributed by atoms with Gasteiger partial charge in [-0.15, -0.1) is 0 Å². The Hall–Kier alpha value is -1.43. The second-order valence-electron chi connectivity index (χ2n) is 4.05. The van der Waals surface area contributed by atoms with Gasteiger partial charge in [0.2, 0.25) is 0 Å². The highest BCUT2D eigenvalue weighted by molar-refractivity contribution is 5.79. The van der Waals surface area contributed by atoms with Crippen LogP contribution in [0.25, 0.3) is 0 Å². The minimum atomic E-state index is -1.04. The van der Waals surface area contributed by atoms with Crippen LogP contribution in [0, 0.1) is 0 Å². The number of carbonyl (C=O) groups excluding carboxylic acids is 2. The lowest BCUT2D eigenvalue weighted by Gasteiger charge is -2.12. The van der Waals surface area contributed by atoms with E-state index in [1.807, 2.05) is 18.9 Å². The van der Waals surface area contributed by atoms with Gasteiger partial charge in [-0.05, 0) is 13.6 Å². The van der Waals surface area contributed by atoms with Crippen LogP contribution in [0.2, 0.25) is 0 Å². The molecule has 0 bridgehead atoms. The van der Waals surface area contributed by atoms with Gasteiger partial charge in [0.25, 0.3) is 0 Å². The van der Waals surface area contributed by atoms with E-state index in [9.17, 15) is 14.4 Å². The van der Waals surface area contributed by atoms with Gasteiger partial charge in [-0.2, -0.15) is 0 Å². The summed E-state index contributed by atoms with van der Waals surface area (Å²) in [5, 5.41) is 8.35. The molecule has 0 radical (unpaired) electrons. The first kappa shape index (κ1) is 16.6. The molecule has 0 saturated heterocycles. The zero-order chi connectivity index (χ0) is 14.0. The molecule has 6 nitrogen and oxygen atoms in total. The molecule has 0 aliphatic heterocycles. The predicted octanol–water partition coefficient (Wildman–Crippen LogP) is 0.695. The van der Waals surface area contributed by atoms with E-state index in [-0.39, 0.29) is 31.7 Å².